The summed E-state index contributed by atoms with van der Waals surface area (Å²) in [5.41, 5.74) is 3.50. The van der Waals surface area contributed by atoms with Crippen molar-refractivity contribution < 1.29 is 18.0 Å². The highest BCUT2D eigenvalue weighted by Gasteiger charge is 2.48. The third kappa shape index (κ3) is 3.04. The van der Waals surface area contributed by atoms with Crippen molar-refractivity contribution >= 4 is 11.6 Å². The zero-order valence-corrected chi connectivity index (χ0v) is 14.9. The third-order valence-corrected chi connectivity index (χ3v) is 5.01. The van der Waals surface area contributed by atoms with E-state index in [1.165, 1.54) is 5.01 Å². The summed E-state index contributed by atoms with van der Waals surface area (Å²) >= 11 is 0. The molecule has 1 unspecified atom stereocenters. The number of nitrogens with zero attached hydrogens (tertiary/aromatic N) is 1. The van der Waals surface area contributed by atoms with Crippen LogP contribution in [0, 0.1) is 0 Å². The van der Waals surface area contributed by atoms with Gasteiger partial charge in [0.1, 0.15) is 0 Å². The standard InChI is InChI=1S/C20H21F3N2O/c1-18(2)13-19(3,14-9-5-4-6-10-14)15-11-7-8-12-16(15)25(18)24-17(26)20(21,22)23/h4-12H,13H2,1-3H3,(H,24,26). The number of hydrogen-bond acceptors (Lipinski definition) is 2. The zero-order valence-electron chi connectivity index (χ0n) is 14.9. The van der Waals surface area contributed by atoms with E-state index in [1.54, 1.807) is 12.1 Å². The first-order valence-corrected chi connectivity index (χ1v) is 8.39. The molecule has 0 saturated carbocycles. The van der Waals surface area contributed by atoms with Crippen LogP contribution in [0.4, 0.5) is 18.9 Å². The van der Waals surface area contributed by atoms with Crippen LogP contribution in [0.5, 0.6) is 0 Å². The molecule has 0 fully saturated rings. The van der Waals surface area contributed by atoms with Gasteiger partial charge in [-0.05, 0) is 37.5 Å². The van der Waals surface area contributed by atoms with Crippen LogP contribution in [0.3, 0.4) is 0 Å². The van der Waals surface area contributed by atoms with E-state index in [0.717, 1.165) is 11.1 Å². The minimum Gasteiger partial charge on any atom is -0.279 e. The summed E-state index contributed by atoms with van der Waals surface area (Å²) in [4.78, 5) is 11.6. The quantitative estimate of drug-likeness (QED) is 0.848. The summed E-state index contributed by atoms with van der Waals surface area (Å²) in [6.45, 7) is 5.76. The normalized spacial score (nSPS) is 21.8. The highest BCUT2D eigenvalue weighted by molar-refractivity contribution is 5.84. The van der Waals surface area contributed by atoms with Crippen LogP contribution < -0.4 is 10.4 Å². The molecule has 0 bridgehead atoms. The maximum absolute atomic E-state index is 12.8. The average Bonchev–Trinajstić information content (AvgIpc) is 2.58. The highest BCUT2D eigenvalue weighted by Crippen LogP contribution is 2.49. The number of hydrogen-bond donors (Lipinski definition) is 1. The molecule has 3 nitrogen and oxygen atoms in total. The van der Waals surface area contributed by atoms with Gasteiger partial charge in [0.15, 0.2) is 0 Å². The van der Waals surface area contributed by atoms with Crippen molar-refractivity contribution in [2.75, 3.05) is 5.01 Å². The van der Waals surface area contributed by atoms with E-state index < -0.39 is 17.6 Å². The van der Waals surface area contributed by atoms with E-state index in [4.69, 9.17) is 0 Å². The van der Waals surface area contributed by atoms with Gasteiger partial charge < -0.3 is 0 Å². The monoisotopic (exact) mass is 362 g/mol. The zero-order chi connectivity index (χ0) is 19.2. The number of alkyl halides is 3. The summed E-state index contributed by atoms with van der Waals surface area (Å²) in [5.74, 6) is -1.97. The number of carbonyl (C=O) groups excluding carboxylic acids is 1. The second kappa shape index (κ2) is 6.04. The Morgan fingerprint density at radius 3 is 2.19 bits per heavy atom. The fraction of sp³-hybridized carbons (Fsp3) is 0.350. The van der Waals surface area contributed by atoms with Crippen molar-refractivity contribution in [3.05, 3.63) is 65.7 Å². The topological polar surface area (TPSA) is 32.3 Å². The molecule has 1 aliphatic rings. The van der Waals surface area contributed by atoms with E-state index in [0.29, 0.717) is 12.1 Å². The van der Waals surface area contributed by atoms with Crippen molar-refractivity contribution in [2.24, 2.45) is 0 Å². The molecular formula is C20H21F3N2O. The van der Waals surface area contributed by atoms with Gasteiger partial charge in [-0.3, -0.25) is 15.2 Å². The maximum Gasteiger partial charge on any atom is 0.472 e. The molecule has 0 spiro atoms. The van der Waals surface area contributed by atoms with Gasteiger partial charge in [0.25, 0.3) is 0 Å². The molecule has 0 radical (unpaired) electrons. The number of para-hydroxylation sites is 1. The van der Waals surface area contributed by atoms with E-state index in [9.17, 15) is 18.0 Å². The first-order valence-electron chi connectivity index (χ1n) is 8.39. The lowest BCUT2D eigenvalue weighted by Crippen LogP contribution is -2.62. The van der Waals surface area contributed by atoms with Gasteiger partial charge in [-0.25, -0.2) is 0 Å². The van der Waals surface area contributed by atoms with Crippen molar-refractivity contribution in [1.29, 1.82) is 0 Å². The second-order valence-electron chi connectivity index (χ2n) is 7.48. The number of halogens is 3. The van der Waals surface area contributed by atoms with Crippen LogP contribution in [-0.2, 0) is 10.2 Å². The van der Waals surface area contributed by atoms with Crippen molar-refractivity contribution in [2.45, 2.75) is 44.3 Å². The van der Waals surface area contributed by atoms with Crippen LogP contribution >= 0.6 is 0 Å². The van der Waals surface area contributed by atoms with Gasteiger partial charge in [0.05, 0.1) is 11.2 Å². The Labute approximate surface area is 150 Å². The molecule has 2 aromatic carbocycles. The first kappa shape index (κ1) is 18.3. The largest absolute Gasteiger partial charge is 0.472 e. The number of anilines is 1. The van der Waals surface area contributed by atoms with Gasteiger partial charge in [0.2, 0.25) is 0 Å². The van der Waals surface area contributed by atoms with Gasteiger partial charge in [-0.2, -0.15) is 13.2 Å². The van der Waals surface area contributed by atoms with Gasteiger partial charge in [-0.1, -0.05) is 55.5 Å². The Bertz CT molecular complexity index is 817. The van der Waals surface area contributed by atoms with Gasteiger partial charge in [0, 0.05) is 5.41 Å². The summed E-state index contributed by atoms with van der Waals surface area (Å²) < 4.78 is 38.4. The molecule has 1 atom stereocenters. The van der Waals surface area contributed by atoms with E-state index >= 15 is 0 Å². The molecule has 3 rings (SSSR count). The fourth-order valence-corrected chi connectivity index (χ4v) is 3.94. The van der Waals surface area contributed by atoms with Crippen molar-refractivity contribution in [1.82, 2.24) is 5.43 Å². The lowest BCUT2D eigenvalue weighted by atomic mass is 9.66. The van der Waals surface area contributed by atoms with Crippen LogP contribution in [0.15, 0.2) is 54.6 Å². The lowest BCUT2D eigenvalue weighted by Gasteiger charge is -2.52. The minimum absolute atomic E-state index is 0.388. The second-order valence-corrected chi connectivity index (χ2v) is 7.48. The van der Waals surface area contributed by atoms with Crippen molar-refractivity contribution in [3.8, 4) is 0 Å². The minimum atomic E-state index is -4.94. The first-order chi connectivity index (χ1) is 12.1. The molecule has 1 amide bonds. The van der Waals surface area contributed by atoms with Crippen LogP contribution in [0.25, 0.3) is 0 Å². The molecule has 1 aliphatic heterocycles. The summed E-state index contributed by atoms with van der Waals surface area (Å²) in [5, 5.41) is 1.35. The third-order valence-electron chi connectivity index (χ3n) is 5.01. The SMILES string of the molecule is CC1(c2ccccc2)CC(C)(C)N(NC(=O)C(F)(F)F)c2ccccc21. The van der Waals surface area contributed by atoms with Gasteiger partial charge >= 0.3 is 12.1 Å². The number of amides is 1. The predicted molar refractivity (Wildman–Crippen MR) is 94.7 cm³/mol. The molecule has 1 N–H and O–H groups in total. The Hall–Kier alpha value is -2.50. The Kier molecular flexibility index (Phi) is 4.25. The Morgan fingerprint density at radius 1 is 1.00 bits per heavy atom. The molecule has 26 heavy (non-hydrogen) atoms. The number of rotatable bonds is 2. The van der Waals surface area contributed by atoms with E-state index in [-0.39, 0.29) is 5.41 Å². The number of carbonyl (C=O) groups is 1. The van der Waals surface area contributed by atoms with Crippen LogP contribution in [0.1, 0.15) is 38.3 Å². The summed E-state index contributed by atoms with van der Waals surface area (Å²) in [6, 6.07) is 17.2. The molecule has 6 heteroatoms. The highest BCUT2D eigenvalue weighted by atomic mass is 19.4. The number of benzene rings is 2. The number of fused-ring (bicyclic) bond motifs is 1. The molecule has 0 aromatic heterocycles. The lowest BCUT2D eigenvalue weighted by molar-refractivity contribution is -0.174. The maximum atomic E-state index is 12.8. The van der Waals surface area contributed by atoms with Gasteiger partial charge in [-0.15, -0.1) is 0 Å². The smallest absolute Gasteiger partial charge is 0.279 e. The number of hydrazine groups is 1. The van der Waals surface area contributed by atoms with Crippen LogP contribution in [-0.4, -0.2) is 17.6 Å². The molecule has 0 saturated heterocycles. The molecular weight excluding hydrogens is 341 g/mol. The van der Waals surface area contributed by atoms with E-state index in [2.05, 4.69) is 12.3 Å². The molecule has 0 aliphatic carbocycles. The van der Waals surface area contributed by atoms with Crippen LogP contribution in [0.2, 0.25) is 0 Å². The van der Waals surface area contributed by atoms with Crippen molar-refractivity contribution in [3.63, 3.8) is 0 Å². The summed E-state index contributed by atoms with van der Waals surface area (Å²) in [6.07, 6.45) is -4.40. The molecule has 2 aromatic rings. The predicted octanol–water partition coefficient (Wildman–Crippen LogP) is 4.57. The molecule has 138 valence electrons. The molecule has 1 heterocycles. The fourth-order valence-electron chi connectivity index (χ4n) is 3.94. The summed E-state index contributed by atoms with van der Waals surface area (Å²) in [7, 11) is 0. The number of nitrogens with one attached hydrogen (secondary N) is 1. The Balaban J connectivity index is 2.12. The van der Waals surface area contributed by atoms with E-state index in [1.807, 2.05) is 56.3 Å². The average molecular weight is 362 g/mol. The Morgan fingerprint density at radius 2 is 1.58 bits per heavy atom.